The van der Waals surface area contributed by atoms with Crippen LogP contribution in [0.5, 0.6) is 11.5 Å². The van der Waals surface area contributed by atoms with E-state index in [1.807, 2.05) is 60.7 Å². The molecule has 2 aromatic carbocycles. The van der Waals surface area contributed by atoms with Crippen LogP contribution >= 0.6 is 24.0 Å². The van der Waals surface area contributed by atoms with E-state index >= 15 is 0 Å². The van der Waals surface area contributed by atoms with Crippen molar-refractivity contribution in [3.63, 3.8) is 0 Å². The van der Waals surface area contributed by atoms with Crippen LogP contribution in [-0.2, 0) is 14.3 Å². The fraction of sp³-hybridized carbons (Fsp3) is 0.292. The van der Waals surface area contributed by atoms with E-state index < -0.39 is 0 Å². The number of nitrogens with zero attached hydrogens (tertiary/aromatic N) is 1. The molecule has 7 heteroatoms. The highest BCUT2D eigenvalue weighted by Gasteiger charge is 2.31. The number of hydrogen-bond donors (Lipinski definition) is 0. The van der Waals surface area contributed by atoms with Gasteiger partial charge in [0.2, 0.25) is 0 Å². The van der Waals surface area contributed by atoms with Gasteiger partial charge in [0, 0.05) is 13.0 Å². The average Bonchev–Trinajstić information content (AvgIpc) is 3.02. The molecule has 1 aliphatic rings. The highest BCUT2D eigenvalue weighted by Crippen LogP contribution is 2.33. The SMILES string of the molecule is CCOC(=O)CCCCCN1C(=O)/C(=C\c2cccc(Oc3ccccc3)c2)SC1=S. The molecule has 0 aliphatic carbocycles. The zero-order valence-corrected chi connectivity index (χ0v) is 19.0. The number of carbonyl (C=O) groups is 2. The molecule has 1 fully saturated rings. The number of rotatable bonds is 10. The number of hydrogen-bond acceptors (Lipinski definition) is 6. The second-order valence-corrected chi connectivity index (χ2v) is 8.61. The molecule has 0 aromatic heterocycles. The van der Waals surface area contributed by atoms with Gasteiger partial charge in [-0.15, -0.1) is 0 Å². The predicted molar refractivity (Wildman–Crippen MR) is 128 cm³/mol. The lowest BCUT2D eigenvalue weighted by Crippen LogP contribution is -2.29. The summed E-state index contributed by atoms with van der Waals surface area (Å²) in [4.78, 5) is 26.4. The quantitative estimate of drug-likeness (QED) is 0.195. The fourth-order valence-corrected chi connectivity index (χ4v) is 4.39. The lowest BCUT2D eigenvalue weighted by Gasteiger charge is -2.14. The van der Waals surface area contributed by atoms with Crippen LogP contribution in [0.1, 0.15) is 38.2 Å². The Morgan fingerprint density at radius 2 is 1.84 bits per heavy atom. The minimum absolute atomic E-state index is 0.0743. The normalized spacial score (nSPS) is 14.9. The standard InChI is InChI=1S/C24H25NO4S2/c1-2-28-22(26)14-7-4-8-15-25-23(27)21(31-24(25)30)17-18-10-9-13-20(16-18)29-19-11-5-3-6-12-19/h3,5-6,9-13,16-17H,2,4,7-8,14-15H2,1H3/b21-17+. The second-order valence-electron chi connectivity index (χ2n) is 6.94. The van der Waals surface area contributed by atoms with E-state index in [2.05, 4.69) is 0 Å². The number of thioether (sulfide) groups is 1. The topological polar surface area (TPSA) is 55.8 Å². The zero-order valence-electron chi connectivity index (χ0n) is 17.4. The fourth-order valence-electron chi connectivity index (χ4n) is 3.09. The van der Waals surface area contributed by atoms with Crippen molar-refractivity contribution in [1.82, 2.24) is 4.90 Å². The van der Waals surface area contributed by atoms with Gasteiger partial charge in [0.15, 0.2) is 0 Å². The van der Waals surface area contributed by atoms with Gasteiger partial charge in [0.25, 0.3) is 5.91 Å². The van der Waals surface area contributed by atoms with Crippen LogP contribution < -0.4 is 4.74 Å². The molecule has 1 heterocycles. The third-order valence-corrected chi connectivity index (χ3v) is 5.95. The van der Waals surface area contributed by atoms with Crippen LogP contribution in [0, 0.1) is 0 Å². The van der Waals surface area contributed by atoms with Crippen molar-refractivity contribution < 1.29 is 19.1 Å². The number of carbonyl (C=O) groups excluding carboxylic acids is 2. The predicted octanol–water partition coefficient (Wildman–Crippen LogP) is 5.80. The van der Waals surface area contributed by atoms with Gasteiger partial charge in [-0.2, -0.15) is 0 Å². The summed E-state index contributed by atoms with van der Waals surface area (Å²) < 4.78 is 11.4. The summed E-state index contributed by atoms with van der Waals surface area (Å²) in [5.41, 5.74) is 0.878. The summed E-state index contributed by atoms with van der Waals surface area (Å²) in [6.45, 7) is 2.76. The molecule has 1 aliphatic heterocycles. The maximum atomic E-state index is 12.8. The molecule has 1 amide bonds. The molecule has 31 heavy (non-hydrogen) atoms. The maximum absolute atomic E-state index is 12.8. The Morgan fingerprint density at radius 3 is 2.61 bits per heavy atom. The van der Waals surface area contributed by atoms with Crippen molar-refractivity contribution in [2.24, 2.45) is 0 Å². The van der Waals surface area contributed by atoms with Gasteiger partial charge in [0.05, 0.1) is 11.5 Å². The van der Waals surface area contributed by atoms with Gasteiger partial charge in [-0.05, 0) is 55.7 Å². The summed E-state index contributed by atoms with van der Waals surface area (Å²) >= 11 is 6.72. The first kappa shape index (κ1) is 23.0. The first-order valence-electron chi connectivity index (χ1n) is 10.3. The van der Waals surface area contributed by atoms with Crippen LogP contribution in [0.25, 0.3) is 6.08 Å². The monoisotopic (exact) mass is 455 g/mol. The van der Waals surface area contributed by atoms with Crippen molar-refractivity contribution in [2.45, 2.75) is 32.6 Å². The van der Waals surface area contributed by atoms with Gasteiger partial charge in [-0.1, -0.05) is 60.7 Å². The van der Waals surface area contributed by atoms with E-state index in [-0.39, 0.29) is 11.9 Å². The van der Waals surface area contributed by atoms with E-state index in [0.717, 1.165) is 30.6 Å². The molecular weight excluding hydrogens is 430 g/mol. The van der Waals surface area contributed by atoms with Gasteiger partial charge in [-0.25, -0.2) is 0 Å². The summed E-state index contributed by atoms with van der Waals surface area (Å²) in [6.07, 6.45) is 4.64. The number of unbranched alkanes of at least 4 members (excludes halogenated alkanes) is 2. The number of para-hydroxylation sites is 1. The largest absolute Gasteiger partial charge is 0.466 e. The molecule has 162 valence electrons. The summed E-state index contributed by atoms with van der Waals surface area (Å²) in [5.74, 6) is 1.22. The molecule has 2 aromatic rings. The molecule has 1 saturated heterocycles. The van der Waals surface area contributed by atoms with E-state index in [1.54, 1.807) is 11.8 Å². The lowest BCUT2D eigenvalue weighted by atomic mass is 10.2. The Balaban J connectivity index is 1.55. The molecule has 5 nitrogen and oxygen atoms in total. The van der Waals surface area contributed by atoms with Crippen molar-refractivity contribution >= 4 is 46.3 Å². The molecular formula is C24H25NO4S2. The molecule has 3 rings (SSSR count). The number of thiocarbonyl (C=S) groups is 1. The Bertz CT molecular complexity index is 959. The highest BCUT2D eigenvalue weighted by atomic mass is 32.2. The van der Waals surface area contributed by atoms with Crippen molar-refractivity contribution in [3.8, 4) is 11.5 Å². The Kier molecular flexibility index (Phi) is 8.67. The number of ether oxygens (including phenoxy) is 2. The number of esters is 1. The molecule has 0 unspecified atom stereocenters. The minimum atomic E-state index is -0.172. The third kappa shape index (κ3) is 6.94. The number of amides is 1. The number of benzene rings is 2. The Morgan fingerprint density at radius 1 is 1.06 bits per heavy atom. The molecule has 0 N–H and O–H groups in total. The average molecular weight is 456 g/mol. The lowest BCUT2D eigenvalue weighted by molar-refractivity contribution is -0.143. The zero-order chi connectivity index (χ0) is 22.1. The third-order valence-electron chi connectivity index (χ3n) is 4.58. The molecule has 0 radical (unpaired) electrons. The van der Waals surface area contributed by atoms with Crippen LogP contribution in [-0.4, -0.2) is 34.2 Å². The van der Waals surface area contributed by atoms with Crippen LogP contribution in [0.3, 0.4) is 0 Å². The summed E-state index contributed by atoms with van der Waals surface area (Å²) in [6, 6.07) is 17.2. The van der Waals surface area contributed by atoms with Crippen molar-refractivity contribution in [1.29, 1.82) is 0 Å². The van der Waals surface area contributed by atoms with Crippen molar-refractivity contribution in [2.75, 3.05) is 13.2 Å². The van der Waals surface area contributed by atoms with Crippen LogP contribution in [0.2, 0.25) is 0 Å². The van der Waals surface area contributed by atoms with Crippen molar-refractivity contribution in [3.05, 3.63) is 65.1 Å². The van der Waals surface area contributed by atoms with Gasteiger partial charge >= 0.3 is 5.97 Å². The molecule has 0 spiro atoms. The Labute approximate surface area is 192 Å². The molecule has 0 bridgehead atoms. The molecule has 0 saturated carbocycles. The maximum Gasteiger partial charge on any atom is 0.305 e. The second kappa shape index (κ2) is 11.7. The minimum Gasteiger partial charge on any atom is -0.466 e. The summed E-state index contributed by atoms with van der Waals surface area (Å²) in [7, 11) is 0. The van der Waals surface area contributed by atoms with Gasteiger partial charge in [-0.3, -0.25) is 14.5 Å². The highest BCUT2D eigenvalue weighted by molar-refractivity contribution is 8.26. The van der Waals surface area contributed by atoms with E-state index in [0.29, 0.717) is 34.5 Å². The van der Waals surface area contributed by atoms with E-state index in [1.165, 1.54) is 11.8 Å². The van der Waals surface area contributed by atoms with E-state index in [4.69, 9.17) is 21.7 Å². The van der Waals surface area contributed by atoms with E-state index in [9.17, 15) is 9.59 Å². The van der Waals surface area contributed by atoms with Gasteiger partial charge in [0.1, 0.15) is 15.8 Å². The first-order valence-corrected chi connectivity index (χ1v) is 11.5. The molecule has 0 atom stereocenters. The van der Waals surface area contributed by atoms with Gasteiger partial charge < -0.3 is 9.47 Å². The van der Waals surface area contributed by atoms with Crippen LogP contribution in [0.15, 0.2) is 59.5 Å². The Hall–Kier alpha value is -2.64. The first-order chi connectivity index (χ1) is 15.1. The smallest absolute Gasteiger partial charge is 0.305 e. The summed E-state index contributed by atoms with van der Waals surface area (Å²) in [5, 5.41) is 0. The van der Waals surface area contributed by atoms with Crippen LogP contribution in [0.4, 0.5) is 0 Å².